The average Bonchev–Trinajstić information content (AvgIpc) is 3.33. The first-order valence-corrected chi connectivity index (χ1v) is 11.1. The molecule has 0 bridgehead atoms. The Morgan fingerprint density at radius 2 is 1.96 bits per heavy atom. The lowest BCUT2D eigenvalue weighted by molar-refractivity contribution is 0.184. The first-order chi connectivity index (χ1) is 12.7. The van der Waals surface area contributed by atoms with Gasteiger partial charge >= 0.3 is 0 Å². The van der Waals surface area contributed by atoms with Crippen molar-refractivity contribution in [3.8, 4) is 5.75 Å². The molecule has 0 atom stereocenters. The molecule has 138 valence electrons. The van der Waals surface area contributed by atoms with Crippen molar-refractivity contribution in [2.24, 2.45) is 0 Å². The molecule has 0 unspecified atom stereocenters. The molecule has 2 aromatic heterocycles. The fourth-order valence-electron chi connectivity index (χ4n) is 3.28. The van der Waals surface area contributed by atoms with E-state index in [4.69, 9.17) is 4.74 Å². The minimum atomic E-state index is -3.67. The van der Waals surface area contributed by atoms with Gasteiger partial charge in [-0.05, 0) is 49.5 Å². The highest BCUT2D eigenvalue weighted by molar-refractivity contribution is 7.92. The standard InChI is InChI=1S/C18H21N3O3S2/c22-26(23,18-8-5-13-25-18)21-16-6-4-7-17(15(16)14-19-21)24-12-11-20-9-2-1-3-10-20/h4-8,13-14H,1-3,9-12H2. The average molecular weight is 392 g/mol. The highest BCUT2D eigenvalue weighted by Crippen LogP contribution is 2.29. The van der Waals surface area contributed by atoms with Crippen LogP contribution in [0, 0.1) is 0 Å². The van der Waals surface area contributed by atoms with Gasteiger partial charge in [0.1, 0.15) is 16.6 Å². The summed E-state index contributed by atoms with van der Waals surface area (Å²) < 4.78 is 32.8. The van der Waals surface area contributed by atoms with Crippen LogP contribution in [0.2, 0.25) is 0 Å². The predicted octanol–water partition coefficient (Wildman–Crippen LogP) is 3.20. The fraction of sp³-hybridized carbons (Fsp3) is 0.389. The zero-order valence-electron chi connectivity index (χ0n) is 14.4. The van der Waals surface area contributed by atoms with E-state index < -0.39 is 10.0 Å². The molecule has 0 saturated carbocycles. The second-order valence-corrected chi connectivity index (χ2v) is 9.31. The van der Waals surface area contributed by atoms with Crippen LogP contribution in [0.1, 0.15) is 19.3 Å². The van der Waals surface area contributed by atoms with E-state index in [-0.39, 0.29) is 4.21 Å². The van der Waals surface area contributed by atoms with Crippen LogP contribution in [0.3, 0.4) is 0 Å². The van der Waals surface area contributed by atoms with Gasteiger partial charge in [-0.3, -0.25) is 4.90 Å². The van der Waals surface area contributed by atoms with Gasteiger partial charge in [-0.2, -0.15) is 17.6 Å². The summed E-state index contributed by atoms with van der Waals surface area (Å²) in [6, 6.07) is 8.73. The van der Waals surface area contributed by atoms with Gasteiger partial charge in [-0.25, -0.2) is 0 Å². The van der Waals surface area contributed by atoms with Gasteiger partial charge < -0.3 is 4.74 Å². The first kappa shape index (κ1) is 17.5. The molecule has 8 heteroatoms. The predicted molar refractivity (Wildman–Crippen MR) is 102 cm³/mol. The summed E-state index contributed by atoms with van der Waals surface area (Å²) in [5, 5.41) is 6.58. The summed E-state index contributed by atoms with van der Waals surface area (Å²) >= 11 is 1.18. The van der Waals surface area contributed by atoms with Crippen LogP contribution in [-0.2, 0) is 10.0 Å². The molecule has 1 fully saturated rings. The molecule has 3 aromatic rings. The lowest BCUT2D eigenvalue weighted by atomic mass is 10.1. The zero-order valence-corrected chi connectivity index (χ0v) is 16.0. The second-order valence-electron chi connectivity index (χ2n) is 6.36. The van der Waals surface area contributed by atoms with Gasteiger partial charge in [0.2, 0.25) is 0 Å². The molecule has 6 nitrogen and oxygen atoms in total. The maximum atomic E-state index is 12.8. The third kappa shape index (κ3) is 3.36. The van der Waals surface area contributed by atoms with Gasteiger partial charge in [-0.15, -0.1) is 11.3 Å². The van der Waals surface area contributed by atoms with Crippen molar-refractivity contribution in [3.05, 3.63) is 41.9 Å². The molecular formula is C18H21N3O3S2. The zero-order chi connectivity index (χ0) is 18.0. The quantitative estimate of drug-likeness (QED) is 0.646. The van der Waals surface area contributed by atoms with Crippen LogP contribution in [-0.4, -0.2) is 48.7 Å². The van der Waals surface area contributed by atoms with E-state index in [1.54, 1.807) is 35.8 Å². The van der Waals surface area contributed by atoms with Crippen LogP contribution < -0.4 is 4.74 Å². The number of rotatable bonds is 6. The molecule has 0 aliphatic carbocycles. The van der Waals surface area contributed by atoms with E-state index in [0.29, 0.717) is 23.3 Å². The Morgan fingerprint density at radius 3 is 2.73 bits per heavy atom. The van der Waals surface area contributed by atoms with Crippen LogP contribution in [0.5, 0.6) is 5.75 Å². The Kier molecular flexibility index (Phi) is 4.97. The highest BCUT2D eigenvalue weighted by atomic mass is 32.2. The Morgan fingerprint density at radius 1 is 1.12 bits per heavy atom. The third-order valence-corrected chi connectivity index (χ3v) is 7.60. The maximum absolute atomic E-state index is 12.8. The highest BCUT2D eigenvalue weighted by Gasteiger charge is 2.22. The molecule has 0 N–H and O–H groups in total. The molecule has 0 spiro atoms. The van der Waals surface area contributed by atoms with Crippen molar-refractivity contribution < 1.29 is 13.2 Å². The van der Waals surface area contributed by atoms with Crippen LogP contribution >= 0.6 is 11.3 Å². The van der Waals surface area contributed by atoms with E-state index in [1.807, 2.05) is 6.07 Å². The lowest BCUT2D eigenvalue weighted by Crippen LogP contribution is -2.33. The number of benzene rings is 1. The van der Waals surface area contributed by atoms with Crippen molar-refractivity contribution in [2.75, 3.05) is 26.2 Å². The van der Waals surface area contributed by atoms with Crippen molar-refractivity contribution in [1.29, 1.82) is 0 Å². The Balaban J connectivity index is 1.55. The molecule has 4 rings (SSSR count). The van der Waals surface area contributed by atoms with Gasteiger partial charge in [-0.1, -0.05) is 18.6 Å². The minimum absolute atomic E-state index is 0.277. The molecule has 3 heterocycles. The molecular weight excluding hydrogens is 370 g/mol. The van der Waals surface area contributed by atoms with Crippen LogP contribution in [0.25, 0.3) is 10.9 Å². The largest absolute Gasteiger partial charge is 0.491 e. The Hall–Kier alpha value is -1.90. The molecule has 1 aliphatic heterocycles. The molecule has 1 aromatic carbocycles. The number of thiophene rings is 1. The first-order valence-electron chi connectivity index (χ1n) is 8.77. The van der Waals surface area contributed by atoms with E-state index in [0.717, 1.165) is 23.7 Å². The summed E-state index contributed by atoms with van der Waals surface area (Å²) in [6.45, 7) is 3.73. The number of nitrogens with zero attached hydrogens (tertiary/aromatic N) is 3. The third-order valence-electron chi connectivity index (χ3n) is 4.63. The summed E-state index contributed by atoms with van der Waals surface area (Å²) in [6.07, 6.45) is 5.39. The fourth-order valence-corrected chi connectivity index (χ4v) is 5.61. The molecule has 26 heavy (non-hydrogen) atoms. The Bertz CT molecular complexity index is 974. The summed E-state index contributed by atoms with van der Waals surface area (Å²) in [5.41, 5.74) is 0.536. The number of hydrogen-bond acceptors (Lipinski definition) is 6. The van der Waals surface area contributed by atoms with E-state index >= 15 is 0 Å². The van der Waals surface area contributed by atoms with E-state index in [1.165, 1.54) is 30.6 Å². The lowest BCUT2D eigenvalue weighted by Gasteiger charge is -2.26. The normalized spacial score (nSPS) is 16.2. The van der Waals surface area contributed by atoms with Gasteiger partial charge in [0, 0.05) is 6.54 Å². The van der Waals surface area contributed by atoms with Gasteiger partial charge in [0.05, 0.1) is 17.1 Å². The topological polar surface area (TPSA) is 64.4 Å². The molecule has 0 radical (unpaired) electrons. The van der Waals surface area contributed by atoms with Crippen molar-refractivity contribution in [3.63, 3.8) is 0 Å². The van der Waals surface area contributed by atoms with Gasteiger partial charge in [0.15, 0.2) is 0 Å². The van der Waals surface area contributed by atoms with E-state index in [2.05, 4.69) is 10.00 Å². The van der Waals surface area contributed by atoms with Crippen LogP contribution in [0.15, 0.2) is 46.1 Å². The number of ether oxygens (including phenoxy) is 1. The molecule has 1 aliphatic rings. The monoisotopic (exact) mass is 391 g/mol. The molecule has 0 amide bonds. The summed E-state index contributed by atoms with van der Waals surface area (Å²) in [7, 11) is -3.67. The van der Waals surface area contributed by atoms with Crippen LogP contribution in [0.4, 0.5) is 0 Å². The summed E-state index contributed by atoms with van der Waals surface area (Å²) in [5.74, 6) is 0.673. The number of aromatic nitrogens is 2. The van der Waals surface area contributed by atoms with Crippen molar-refractivity contribution >= 4 is 32.3 Å². The summed E-state index contributed by atoms with van der Waals surface area (Å²) in [4.78, 5) is 2.41. The van der Waals surface area contributed by atoms with Crippen molar-refractivity contribution in [1.82, 2.24) is 14.1 Å². The molecule has 1 saturated heterocycles. The number of fused-ring (bicyclic) bond motifs is 1. The number of hydrogen-bond donors (Lipinski definition) is 0. The van der Waals surface area contributed by atoms with Gasteiger partial charge in [0.25, 0.3) is 10.0 Å². The minimum Gasteiger partial charge on any atom is -0.491 e. The van der Waals surface area contributed by atoms with E-state index in [9.17, 15) is 8.42 Å². The second kappa shape index (κ2) is 7.38. The SMILES string of the molecule is O=S(=O)(c1cccs1)n1ncc2c(OCCN3CCCCC3)cccc21. The Labute approximate surface area is 157 Å². The number of piperidine rings is 1. The van der Waals surface area contributed by atoms with Crippen molar-refractivity contribution in [2.45, 2.75) is 23.5 Å². The number of likely N-dealkylation sites (tertiary alicyclic amines) is 1. The smallest absolute Gasteiger partial charge is 0.293 e. The maximum Gasteiger partial charge on any atom is 0.293 e.